The number of carbonyl (C=O) groups is 1. The van der Waals surface area contributed by atoms with Crippen molar-refractivity contribution in [3.05, 3.63) is 48.0 Å². The largest absolute Gasteiger partial charge is 0.461 e. The summed E-state index contributed by atoms with van der Waals surface area (Å²) in [5.74, 6) is 0.0283. The standard InChI is InChI=1S/C17H19NO4S/c19-17(16-7-3-5-14-4-1-2-6-15(14)16)22-11-8-18-9-12-23(20,21)13-10-18/h1-7H,8-13H2. The molecule has 2 aromatic carbocycles. The fraction of sp³-hybridized carbons (Fsp3) is 0.353. The van der Waals surface area contributed by atoms with Crippen LogP contribution in [-0.2, 0) is 14.6 Å². The second-order valence-corrected chi connectivity index (χ2v) is 7.96. The predicted octanol–water partition coefficient (Wildman–Crippen LogP) is 1.73. The lowest BCUT2D eigenvalue weighted by atomic mass is 10.1. The van der Waals surface area contributed by atoms with Gasteiger partial charge in [-0.1, -0.05) is 36.4 Å². The van der Waals surface area contributed by atoms with Gasteiger partial charge in [-0.2, -0.15) is 0 Å². The Morgan fingerprint density at radius 2 is 1.74 bits per heavy atom. The molecule has 2 aromatic rings. The van der Waals surface area contributed by atoms with Crippen molar-refractivity contribution in [3.8, 4) is 0 Å². The lowest BCUT2D eigenvalue weighted by Gasteiger charge is -2.26. The van der Waals surface area contributed by atoms with E-state index in [0.29, 0.717) is 25.2 Å². The van der Waals surface area contributed by atoms with Gasteiger partial charge in [-0.15, -0.1) is 0 Å². The fourth-order valence-electron chi connectivity index (χ4n) is 2.72. The van der Waals surface area contributed by atoms with E-state index in [0.717, 1.165) is 10.8 Å². The van der Waals surface area contributed by atoms with Crippen LogP contribution < -0.4 is 0 Å². The van der Waals surface area contributed by atoms with Crippen molar-refractivity contribution < 1.29 is 17.9 Å². The molecule has 0 N–H and O–H groups in total. The van der Waals surface area contributed by atoms with Crippen molar-refractivity contribution in [1.29, 1.82) is 0 Å². The zero-order valence-electron chi connectivity index (χ0n) is 12.8. The number of carbonyl (C=O) groups excluding carboxylic acids is 1. The molecule has 0 unspecified atom stereocenters. The molecule has 23 heavy (non-hydrogen) atoms. The third-order valence-electron chi connectivity index (χ3n) is 4.09. The second kappa shape index (κ2) is 6.68. The van der Waals surface area contributed by atoms with Gasteiger partial charge in [-0.3, -0.25) is 4.90 Å². The minimum atomic E-state index is -2.87. The van der Waals surface area contributed by atoms with E-state index in [-0.39, 0.29) is 24.1 Å². The first-order chi connectivity index (χ1) is 11.1. The number of nitrogens with zero attached hydrogens (tertiary/aromatic N) is 1. The zero-order valence-corrected chi connectivity index (χ0v) is 13.6. The maximum atomic E-state index is 12.3. The van der Waals surface area contributed by atoms with E-state index >= 15 is 0 Å². The summed E-state index contributed by atoms with van der Waals surface area (Å²) in [5.41, 5.74) is 0.560. The monoisotopic (exact) mass is 333 g/mol. The molecule has 0 amide bonds. The van der Waals surface area contributed by atoms with Gasteiger partial charge < -0.3 is 4.74 Å². The molecule has 1 aliphatic rings. The Morgan fingerprint density at radius 1 is 1.04 bits per heavy atom. The van der Waals surface area contributed by atoms with E-state index in [1.807, 2.05) is 41.3 Å². The number of sulfone groups is 1. The summed E-state index contributed by atoms with van der Waals surface area (Å²) in [6.45, 7) is 1.84. The Hall–Kier alpha value is -1.92. The Kier molecular flexibility index (Phi) is 4.63. The summed E-state index contributed by atoms with van der Waals surface area (Å²) >= 11 is 0. The van der Waals surface area contributed by atoms with Crippen LogP contribution in [0.3, 0.4) is 0 Å². The molecule has 5 nitrogen and oxygen atoms in total. The van der Waals surface area contributed by atoms with Crippen LogP contribution in [0.15, 0.2) is 42.5 Å². The number of ether oxygens (including phenoxy) is 1. The van der Waals surface area contributed by atoms with Crippen LogP contribution >= 0.6 is 0 Å². The van der Waals surface area contributed by atoms with Gasteiger partial charge in [0.25, 0.3) is 0 Å². The fourth-order valence-corrected chi connectivity index (χ4v) is 4.00. The Morgan fingerprint density at radius 3 is 2.52 bits per heavy atom. The Bertz CT molecular complexity index is 797. The first-order valence-electron chi connectivity index (χ1n) is 7.63. The molecule has 1 saturated heterocycles. The highest BCUT2D eigenvalue weighted by Gasteiger charge is 2.21. The van der Waals surface area contributed by atoms with E-state index < -0.39 is 9.84 Å². The van der Waals surface area contributed by atoms with E-state index in [9.17, 15) is 13.2 Å². The normalized spacial score (nSPS) is 17.9. The molecule has 1 fully saturated rings. The van der Waals surface area contributed by atoms with E-state index in [1.54, 1.807) is 6.07 Å². The van der Waals surface area contributed by atoms with Gasteiger partial charge in [0.2, 0.25) is 0 Å². The lowest BCUT2D eigenvalue weighted by Crippen LogP contribution is -2.41. The van der Waals surface area contributed by atoms with Gasteiger partial charge in [0, 0.05) is 19.6 Å². The maximum Gasteiger partial charge on any atom is 0.338 e. The molecule has 3 rings (SSSR count). The molecule has 0 aliphatic carbocycles. The number of hydrogen-bond donors (Lipinski definition) is 0. The van der Waals surface area contributed by atoms with Crippen molar-refractivity contribution in [2.45, 2.75) is 0 Å². The first kappa shape index (κ1) is 16.0. The summed E-state index contributed by atoms with van der Waals surface area (Å²) in [5, 5.41) is 1.88. The molecule has 1 heterocycles. The van der Waals surface area contributed by atoms with E-state index in [4.69, 9.17) is 4.74 Å². The number of benzene rings is 2. The van der Waals surface area contributed by atoms with E-state index in [1.165, 1.54) is 0 Å². The van der Waals surface area contributed by atoms with Crippen LogP contribution in [-0.4, -0.2) is 57.0 Å². The highest BCUT2D eigenvalue weighted by Crippen LogP contribution is 2.19. The van der Waals surface area contributed by atoms with Gasteiger partial charge in [0.05, 0.1) is 17.1 Å². The van der Waals surface area contributed by atoms with Crippen LogP contribution in [0.1, 0.15) is 10.4 Å². The van der Waals surface area contributed by atoms with Crippen LogP contribution in [0.2, 0.25) is 0 Å². The number of fused-ring (bicyclic) bond motifs is 1. The Balaban J connectivity index is 1.57. The molecule has 0 spiro atoms. The molecular weight excluding hydrogens is 314 g/mol. The molecule has 0 bridgehead atoms. The van der Waals surface area contributed by atoms with Crippen molar-refractivity contribution in [1.82, 2.24) is 4.90 Å². The summed E-state index contributed by atoms with van der Waals surface area (Å²) in [6.07, 6.45) is 0. The van der Waals surface area contributed by atoms with Crippen molar-refractivity contribution >= 4 is 26.6 Å². The molecule has 122 valence electrons. The molecular formula is C17H19NO4S. The smallest absolute Gasteiger partial charge is 0.338 e. The summed E-state index contributed by atoms with van der Waals surface area (Å²) in [7, 11) is -2.87. The molecule has 6 heteroatoms. The minimum Gasteiger partial charge on any atom is -0.461 e. The highest BCUT2D eigenvalue weighted by atomic mass is 32.2. The summed E-state index contributed by atoms with van der Waals surface area (Å²) in [4.78, 5) is 14.3. The minimum absolute atomic E-state index is 0.185. The van der Waals surface area contributed by atoms with Crippen LogP contribution in [0.4, 0.5) is 0 Å². The first-order valence-corrected chi connectivity index (χ1v) is 9.45. The van der Waals surface area contributed by atoms with Crippen LogP contribution in [0.25, 0.3) is 10.8 Å². The van der Waals surface area contributed by atoms with Gasteiger partial charge in [-0.25, -0.2) is 13.2 Å². The number of hydrogen-bond acceptors (Lipinski definition) is 5. The lowest BCUT2D eigenvalue weighted by molar-refractivity contribution is 0.0468. The number of esters is 1. The van der Waals surface area contributed by atoms with Crippen LogP contribution in [0, 0.1) is 0 Å². The van der Waals surface area contributed by atoms with Gasteiger partial charge in [0.1, 0.15) is 6.61 Å². The van der Waals surface area contributed by atoms with Crippen molar-refractivity contribution in [2.75, 3.05) is 37.7 Å². The molecule has 0 aromatic heterocycles. The van der Waals surface area contributed by atoms with Gasteiger partial charge >= 0.3 is 5.97 Å². The quantitative estimate of drug-likeness (QED) is 0.797. The maximum absolute atomic E-state index is 12.3. The summed E-state index contributed by atoms with van der Waals surface area (Å²) < 4.78 is 28.1. The third kappa shape index (κ3) is 3.89. The van der Waals surface area contributed by atoms with Gasteiger partial charge in [0.15, 0.2) is 9.84 Å². The zero-order chi connectivity index (χ0) is 16.3. The molecule has 1 aliphatic heterocycles. The van der Waals surface area contributed by atoms with E-state index in [2.05, 4.69) is 0 Å². The van der Waals surface area contributed by atoms with Crippen molar-refractivity contribution in [2.24, 2.45) is 0 Å². The number of rotatable bonds is 4. The average molecular weight is 333 g/mol. The topological polar surface area (TPSA) is 63.7 Å². The summed E-state index contributed by atoms with van der Waals surface area (Å²) in [6, 6.07) is 13.3. The molecule has 0 radical (unpaired) electrons. The SMILES string of the molecule is O=C(OCCN1CCS(=O)(=O)CC1)c1cccc2ccccc12. The average Bonchev–Trinajstić information content (AvgIpc) is 2.56. The predicted molar refractivity (Wildman–Crippen MR) is 89.3 cm³/mol. The van der Waals surface area contributed by atoms with Crippen LogP contribution in [0.5, 0.6) is 0 Å². The molecule has 0 saturated carbocycles. The van der Waals surface area contributed by atoms with Gasteiger partial charge in [-0.05, 0) is 16.8 Å². The molecule has 0 atom stereocenters. The second-order valence-electron chi connectivity index (χ2n) is 5.66. The third-order valence-corrected chi connectivity index (χ3v) is 5.70. The van der Waals surface area contributed by atoms with Crippen molar-refractivity contribution in [3.63, 3.8) is 0 Å². The highest BCUT2D eigenvalue weighted by molar-refractivity contribution is 7.91. The Labute approximate surface area is 135 Å².